The molecule has 0 unspecified atom stereocenters. The summed E-state index contributed by atoms with van der Waals surface area (Å²) in [5.74, 6) is 0. The molecule has 0 saturated heterocycles. The maximum atomic E-state index is 11.6. The van der Waals surface area contributed by atoms with Crippen LogP contribution < -0.4 is 5.32 Å². The van der Waals surface area contributed by atoms with Crippen molar-refractivity contribution in [3.8, 4) is 0 Å². The monoisotopic (exact) mass is 265 g/mol. The molecule has 2 N–H and O–H groups in total. The van der Waals surface area contributed by atoms with Crippen LogP contribution in [0.2, 0.25) is 0 Å². The Morgan fingerprint density at radius 2 is 1.79 bits per heavy atom. The summed E-state index contributed by atoms with van der Waals surface area (Å²) in [6.07, 6.45) is -0.419. The summed E-state index contributed by atoms with van der Waals surface area (Å²) in [5.41, 5.74) is 3.56. The van der Waals surface area contributed by atoms with E-state index in [0.29, 0.717) is 6.54 Å². The Hall–Kier alpha value is -1.55. The standard InChI is InChI=1S/C15H23NO3/c1-10-6-12(9-17)7-11(2)13(10)8-16-14(18)19-15(3,4)5/h6-7,17H,8-9H2,1-5H3,(H,16,18). The van der Waals surface area contributed by atoms with Crippen molar-refractivity contribution >= 4 is 6.09 Å². The van der Waals surface area contributed by atoms with Crippen LogP contribution in [0, 0.1) is 13.8 Å². The van der Waals surface area contributed by atoms with Crippen LogP contribution in [0.25, 0.3) is 0 Å². The summed E-state index contributed by atoms with van der Waals surface area (Å²) in [6, 6.07) is 3.86. The highest BCUT2D eigenvalue weighted by Gasteiger charge is 2.16. The SMILES string of the molecule is Cc1cc(CO)cc(C)c1CNC(=O)OC(C)(C)C. The van der Waals surface area contributed by atoms with E-state index in [4.69, 9.17) is 9.84 Å². The molecule has 1 rings (SSSR count). The average molecular weight is 265 g/mol. The summed E-state index contributed by atoms with van der Waals surface area (Å²) >= 11 is 0. The minimum absolute atomic E-state index is 0.0292. The molecule has 0 aliphatic rings. The molecule has 0 aliphatic heterocycles. The van der Waals surface area contributed by atoms with E-state index < -0.39 is 11.7 Å². The lowest BCUT2D eigenvalue weighted by molar-refractivity contribution is 0.0523. The van der Waals surface area contributed by atoms with Gasteiger partial charge in [0.25, 0.3) is 0 Å². The molecular weight excluding hydrogens is 242 g/mol. The Morgan fingerprint density at radius 1 is 1.26 bits per heavy atom. The lowest BCUT2D eigenvalue weighted by atomic mass is 9.99. The van der Waals surface area contributed by atoms with Gasteiger partial charge >= 0.3 is 6.09 Å². The molecule has 0 bridgehead atoms. The lowest BCUT2D eigenvalue weighted by Crippen LogP contribution is -2.32. The average Bonchev–Trinajstić information content (AvgIpc) is 2.25. The highest BCUT2D eigenvalue weighted by Crippen LogP contribution is 2.17. The maximum Gasteiger partial charge on any atom is 0.407 e. The number of aryl methyl sites for hydroxylation is 2. The number of carbonyl (C=O) groups excluding carboxylic acids is 1. The van der Waals surface area contributed by atoms with Crippen molar-refractivity contribution < 1.29 is 14.6 Å². The van der Waals surface area contributed by atoms with Gasteiger partial charge in [0.05, 0.1) is 6.61 Å². The highest BCUT2D eigenvalue weighted by atomic mass is 16.6. The number of alkyl carbamates (subject to hydrolysis) is 1. The third kappa shape index (κ3) is 4.91. The largest absolute Gasteiger partial charge is 0.444 e. The Balaban J connectivity index is 2.71. The zero-order chi connectivity index (χ0) is 14.6. The Morgan fingerprint density at radius 3 is 2.21 bits per heavy atom. The second-order valence-corrected chi connectivity index (χ2v) is 5.72. The van der Waals surface area contributed by atoms with Crippen LogP contribution in [0.3, 0.4) is 0 Å². The molecule has 0 heterocycles. The van der Waals surface area contributed by atoms with E-state index in [-0.39, 0.29) is 6.61 Å². The Bertz CT molecular complexity index is 438. The molecule has 4 nitrogen and oxygen atoms in total. The van der Waals surface area contributed by atoms with Crippen LogP contribution in [-0.4, -0.2) is 16.8 Å². The van der Waals surface area contributed by atoms with E-state index in [1.807, 2.05) is 46.8 Å². The molecule has 1 amide bonds. The molecule has 1 aromatic carbocycles. The molecular formula is C15H23NO3. The fourth-order valence-corrected chi connectivity index (χ4v) is 1.93. The van der Waals surface area contributed by atoms with Crippen LogP contribution >= 0.6 is 0 Å². The van der Waals surface area contributed by atoms with E-state index in [0.717, 1.165) is 22.3 Å². The third-order valence-electron chi connectivity index (χ3n) is 2.75. The van der Waals surface area contributed by atoms with Crippen LogP contribution in [0.4, 0.5) is 4.79 Å². The second-order valence-electron chi connectivity index (χ2n) is 5.72. The summed E-state index contributed by atoms with van der Waals surface area (Å²) in [6.45, 7) is 9.90. The smallest absolute Gasteiger partial charge is 0.407 e. The number of aliphatic hydroxyl groups excluding tert-OH is 1. The van der Waals surface area contributed by atoms with Crippen LogP contribution in [0.15, 0.2) is 12.1 Å². The number of hydrogen-bond acceptors (Lipinski definition) is 3. The number of benzene rings is 1. The van der Waals surface area contributed by atoms with Crippen molar-refractivity contribution in [1.29, 1.82) is 0 Å². The zero-order valence-corrected chi connectivity index (χ0v) is 12.3. The number of ether oxygens (including phenoxy) is 1. The predicted molar refractivity (Wildman–Crippen MR) is 74.9 cm³/mol. The van der Waals surface area contributed by atoms with Gasteiger partial charge in [-0.1, -0.05) is 12.1 Å². The minimum atomic E-state index is -0.491. The fourth-order valence-electron chi connectivity index (χ4n) is 1.93. The van der Waals surface area contributed by atoms with Gasteiger partial charge in [-0.15, -0.1) is 0 Å². The van der Waals surface area contributed by atoms with Gasteiger partial charge in [0.2, 0.25) is 0 Å². The normalized spacial score (nSPS) is 11.3. The molecule has 0 spiro atoms. The first-order valence-corrected chi connectivity index (χ1v) is 6.39. The molecule has 0 aromatic heterocycles. The van der Waals surface area contributed by atoms with Crippen molar-refractivity contribution in [3.63, 3.8) is 0 Å². The molecule has 19 heavy (non-hydrogen) atoms. The number of amides is 1. The molecule has 106 valence electrons. The van der Waals surface area contributed by atoms with Crippen LogP contribution in [0.1, 0.15) is 43.0 Å². The van der Waals surface area contributed by atoms with Gasteiger partial charge in [0, 0.05) is 6.54 Å². The number of hydrogen-bond donors (Lipinski definition) is 2. The van der Waals surface area contributed by atoms with Gasteiger partial charge in [-0.25, -0.2) is 4.79 Å². The van der Waals surface area contributed by atoms with Crippen LogP contribution in [0.5, 0.6) is 0 Å². The number of aliphatic hydroxyl groups is 1. The number of nitrogens with one attached hydrogen (secondary N) is 1. The zero-order valence-electron chi connectivity index (χ0n) is 12.3. The molecule has 1 aromatic rings. The van der Waals surface area contributed by atoms with E-state index >= 15 is 0 Å². The number of carbonyl (C=O) groups is 1. The molecule has 4 heteroatoms. The Kier molecular flexibility index (Phi) is 4.95. The molecule has 0 fully saturated rings. The van der Waals surface area contributed by atoms with Gasteiger partial charge in [-0.05, 0) is 56.9 Å². The van der Waals surface area contributed by atoms with E-state index in [2.05, 4.69) is 5.32 Å². The summed E-state index contributed by atoms with van der Waals surface area (Å²) in [7, 11) is 0. The first-order valence-electron chi connectivity index (χ1n) is 6.39. The van der Waals surface area contributed by atoms with Crippen LogP contribution in [-0.2, 0) is 17.9 Å². The molecule has 0 saturated carbocycles. The first-order chi connectivity index (χ1) is 8.73. The van der Waals surface area contributed by atoms with E-state index in [9.17, 15) is 4.79 Å². The van der Waals surface area contributed by atoms with Gasteiger partial charge in [0.15, 0.2) is 0 Å². The fraction of sp³-hybridized carbons (Fsp3) is 0.533. The minimum Gasteiger partial charge on any atom is -0.444 e. The van der Waals surface area contributed by atoms with Gasteiger partial charge in [-0.2, -0.15) is 0 Å². The third-order valence-corrected chi connectivity index (χ3v) is 2.75. The predicted octanol–water partition coefficient (Wildman–Crippen LogP) is 2.82. The van der Waals surface area contributed by atoms with Crippen molar-refractivity contribution in [2.75, 3.05) is 0 Å². The quantitative estimate of drug-likeness (QED) is 0.883. The summed E-state index contributed by atoms with van der Waals surface area (Å²) in [5, 5.41) is 11.9. The van der Waals surface area contributed by atoms with Crippen molar-refractivity contribution in [3.05, 3.63) is 34.4 Å². The Labute approximate surface area is 114 Å². The lowest BCUT2D eigenvalue weighted by Gasteiger charge is -2.20. The molecule has 0 radical (unpaired) electrons. The number of rotatable bonds is 3. The van der Waals surface area contributed by atoms with Crippen molar-refractivity contribution in [2.24, 2.45) is 0 Å². The van der Waals surface area contributed by atoms with E-state index in [1.54, 1.807) is 0 Å². The second kappa shape index (κ2) is 6.06. The summed E-state index contributed by atoms with van der Waals surface area (Å²) in [4.78, 5) is 11.6. The summed E-state index contributed by atoms with van der Waals surface area (Å²) < 4.78 is 5.19. The van der Waals surface area contributed by atoms with Gasteiger partial charge in [-0.3, -0.25) is 0 Å². The van der Waals surface area contributed by atoms with Crippen molar-refractivity contribution in [1.82, 2.24) is 5.32 Å². The highest BCUT2D eigenvalue weighted by molar-refractivity contribution is 5.67. The maximum absolute atomic E-state index is 11.6. The first kappa shape index (κ1) is 15.5. The van der Waals surface area contributed by atoms with E-state index in [1.165, 1.54) is 0 Å². The van der Waals surface area contributed by atoms with Gasteiger partial charge in [0.1, 0.15) is 5.60 Å². The molecule has 0 atom stereocenters. The molecule has 0 aliphatic carbocycles. The topological polar surface area (TPSA) is 58.6 Å². The van der Waals surface area contributed by atoms with Gasteiger partial charge < -0.3 is 15.2 Å². The van der Waals surface area contributed by atoms with Crippen molar-refractivity contribution in [2.45, 2.75) is 53.4 Å².